The standard InChI is InChI=1S/C5H13NO3S/c1-5(2,3)6(4)10(7,8)9/h1-4H3,(H,7,8,9). The van der Waals surface area contributed by atoms with E-state index in [2.05, 4.69) is 0 Å². The van der Waals surface area contributed by atoms with Gasteiger partial charge >= 0.3 is 10.3 Å². The molecule has 0 bridgehead atoms. The van der Waals surface area contributed by atoms with Crippen LogP contribution in [0, 0.1) is 0 Å². The fourth-order valence-electron chi connectivity index (χ4n) is 0.346. The van der Waals surface area contributed by atoms with Gasteiger partial charge < -0.3 is 0 Å². The molecule has 0 radical (unpaired) electrons. The summed E-state index contributed by atoms with van der Waals surface area (Å²) in [6.07, 6.45) is 0. The van der Waals surface area contributed by atoms with Crippen LogP contribution in [-0.4, -0.2) is 29.9 Å². The molecule has 1 N–H and O–H groups in total. The third-order valence-electron chi connectivity index (χ3n) is 1.29. The molecule has 4 nitrogen and oxygen atoms in total. The van der Waals surface area contributed by atoms with Crippen molar-refractivity contribution < 1.29 is 13.0 Å². The Balaban J connectivity index is 4.56. The van der Waals surface area contributed by atoms with E-state index in [1.165, 1.54) is 7.05 Å². The molecule has 0 spiro atoms. The van der Waals surface area contributed by atoms with Crippen molar-refractivity contribution in [2.75, 3.05) is 7.05 Å². The maximum atomic E-state index is 10.5. The molecule has 0 aliphatic rings. The van der Waals surface area contributed by atoms with Gasteiger partial charge in [-0.2, -0.15) is 12.7 Å². The van der Waals surface area contributed by atoms with Crippen molar-refractivity contribution in [2.45, 2.75) is 26.3 Å². The number of hydrogen-bond donors (Lipinski definition) is 1. The first-order valence-electron chi connectivity index (χ1n) is 2.87. The van der Waals surface area contributed by atoms with Crippen LogP contribution in [0.3, 0.4) is 0 Å². The molecule has 10 heavy (non-hydrogen) atoms. The van der Waals surface area contributed by atoms with E-state index < -0.39 is 15.8 Å². The SMILES string of the molecule is CN(C(C)(C)C)S(=O)(=O)O. The molecule has 0 aromatic rings. The molecule has 0 aliphatic carbocycles. The Morgan fingerprint density at radius 3 is 1.60 bits per heavy atom. The number of hydrogen-bond acceptors (Lipinski definition) is 2. The lowest BCUT2D eigenvalue weighted by Crippen LogP contribution is -2.41. The van der Waals surface area contributed by atoms with Gasteiger partial charge in [-0.05, 0) is 20.8 Å². The van der Waals surface area contributed by atoms with E-state index in [-0.39, 0.29) is 0 Å². The van der Waals surface area contributed by atoms with Gasteiger partial charge in [0.25, 0.3) is 0 Å². The lowest BCUT2D eigenvalue weighted by Gasteiger charge is -2.27. The average Bonchev–Trinajstić information content (AvgIpc) is 1.59. The van der Waals surface area contributed by atoms with Gasteiger partial charge in [-0.25, -0.2) is 0 Å². The van der Waals surface area contributed by atoms with Crippen molar-refractivity contribution in [3.63, 3.8) is 0 Å². The molecule has 0 atom stereocenters. The molecular formula is C5H13NO3S. The van der Waals surface area contributed by atoms with E-state index in [1.807, 2.05) is 0 Å². The van der Waals surface area contributed by atoms with E-state index in [1.54, 1.807) is 20.8 Å². The molecule has 0 aromatic heterocycles. The van der Waals surface area contributed by atoms with Crippen molar-refractivity contribution in [1.82, 2.24) is 4.31 Å². The van der Waals surface area contributed by atoms with Gasteiger partial charge in [0.05, 0.1) is 0 Å². The van der Waals surface area contributed by atoms with Crippen LogP contribution >= 0.6 is 0 Å². The van der Waals surface area contributed by atoms with Gasteiger partial charge in [0.1, 0.15) is 0 Å². The first kappa shape index (κ1) is 9.87. The molecule has 0 saturated carbocycles. The van der Waals surface area contributed by atoms with Crippen LogP contribution in [0.2, 0.25) is 0 Å². The molecule has 0 aliphatic heterocycles. The zero-order chi connectivity index (χ0) is 8.58. The van der Waals surface area contributed by atoms with Crippen molar-refractivity contribution in [1.29, 1.82) is 0 Å². The molecular weight excluding hydrogens is 154 g/mol. The quantitative estimate of drug-likeness (QED) is 0.579. The summed E-state index contributed by atoms with van der Waals surface area (Å²) in [4.78, 5) is 0. The predicted octanol–water partition coefficient (Wildman–Crippen LogP) is 0.520. The van der Waals surface area contributed by atoms with Gasteiger partial charge in [-0.15, -0.1) is 0 Å². The lowest BCUT2D eigenvalue weighted by molar-refractivity contribution is 0.263. The summed E-state index contributed by atoms with van der Waals surface area (Å²) in [5, 5.41) is 0. The van der Waals surface area contributed by atoms with Crippen LogP contribution in [0.4, 0.5) is 0 Å². The summed E-state index contributed by atoms with van der Waals surface area (Å²) in [7, 11) is -2.70. The minimum atomic E-state index is -4.03. The van der Waals surface area contributed by atoms with Gasteiger partial charge in [0.2, 0.25) is 0 Å². The summed E-state index contributed by atoms with van der Waals surface area (Å²) in [5.41, 5.74) is -0.562. The second-order valence-corrected chi connectivity index (χ2v) is 4.56. The summed E-state index contributed by atoms with van der Waals surface area (Å²) in [6.45, 7) is 5.09. The number of nitrogens with zero attached hydrogens (tertiary/aromatic N) is 1. The van der Waals surface area contributed by atoms with Gasteiger partial charge in [-0.3, -0.25) is 4.55 Å². The van der Waals surface area contributed by atoms with Crippen molar-refractivity contribution in [3.05, 3.63) is 0 Å². The summed E-state index contributed by atoms with van der Waals surface area (Å²) >= 11 is 0. The molecule has 0 aromatic carbocycles. The van der Waals surface area contributed by atoms with Gasteiger partial charge in [0, 0.05) is 12.6 Å². The van der Waals surface area contributed by atoms with Crippen LogP contribution in [0.1, 0.15) is 20.8 Å². The number of rotatable bonds is 1. The Kier molecular flexibility index (Phi) is 2.45. The monoisotopic (exact) mass is 167 g/mol. The van der Waals surface area contributed by atoms with Gasteiger partial charge in [-0.1, -0.05) is 0 Å². The Morgan fingerprint density at radius 2 is 1.60 bits per heavy atom. The normalized spacial score (nSPS) is 14.2. The predicted molar refractivity (Wildman–Crippen MR) is 39.1 cm³/mol. The molecule has 0 heterocycles. The van der Waals surface area contributed by atoms with Crippen LogP contribution < -0.4 is 0 Å². The minimum Gasteiger partial charge on any atom is -0.273 e. The smallest absolute Gasteiger partial charge is 0.273 e. The maximum absolute atomic E-state index is 10.5. The minimum absolute atomic E-state index is 0.562. The van der Waals surface area contributed by atoms with E-state index >= 15 is 0 Å². The fourth-order valence-corrected chi connectivity index (χ4v) is 1.04. The second-order valence-electron chi connectivity index (χ2n) is 3.12. The molecule has 5 heteroatoms. The van der Waals surface area contributed by atoms with Crippen molar-refractivity contribution in [3.8, 4) is 0 Å². The third kappa shape index (κ3) is 2.64. The first-order chi connectivity index (χ1) is 4.15. The van der Waals surface area contributed by atoms with Crippen LogP contribution in [0.15, 0.2) is 0 Å². The summed E-state index contributed by atoms with van der Waals surface area (Å²) < 4.78 is 30.3. The highest BCUT2D eigenvalue weighted by atomic mass is 32.2. The highest BCUT2D eigenvalue weighted by Gasteiger charge is 2.26. The molecule has 62 valence electrons. The second kappa shape index (κ2) is 2.48. The van der Waals surface area contributed by atoms with Crippen LogP contribution in [0.5, 0.6) is 0 Å². The van der Waals surface area contributed by atoms with Crippen molar-refractivity contribution >= 4 is 10.3 Å². The van der Waals surface area contributed by atoms with Crippen LogP contribution in [-0.2, 0) is 10.3 Å². The molecule has 0 rings (SSSR count). The summed E-state index contributed by atoms with van der Waals surface area (Å²) in [5.74, 6) is 0. The highest BCUT2D eigenvalue weighted by Crippen LogP contribution is 2.12. The average molecular weight is 167 g/mol. The molecule has 0 saturated heterocycles. The largest absolute Gasteiger partial charge is 0.336 e. The topological polar surface area (TPSA) is 57.6 Å². The molecule has 0 amide bonds. The zero-order valence-electron chi connectivity index (χ0n) is 6.62. The Hall–Kier alpha value is -0.130. The molecule has 0 fully saturated rings. The first-order valence-corrected chi connectivity index (χ1v) is 4.27. The zero-order valence-corrected chi connectivity index (χ0v) is 7.44. The Bertz CT molecular complexity index is 201. The maximum Gasteiger partial charge on any atom is 0.336 e. The van der Waals surface area contributed by atoms with E-state index in [0.717, 1.165) is 4.31 Å². The Labute approximate surface area is 61.7 Å². The fraction of sp³-hybridized carbons (Fsp3) is 1.00. The lowest BCUT2D eigenvalue weighted by atomic mass is 10.1. The van der Waals surface area contributed by atoms with Crippen LogP contribution in [0.25, 0.3) is 0 Å². The van der Waals surface area contributed by atoms with E-state index in [9.17, 15) is 8.42 Å². The highest BCUT2D eigenvalue weighted by molar-refractivity contribution is 7.83. The van der Waals surface area contributed by atoms with Gasteiger partial charge in [0.15, 0.2) is 0 Å². The van der Waals surface area contributed by atoms with E-state index in [4.69, 9.17) is 4.55 Å². The van der Waals surface area contributed by atoms with Crippen molar-refractivity contribution in [2.24, 2.45) is 0 Å². The summed E-state index contributed by atoms with van der Waals surface area (Å²) in [6, 6.07) is 0. The molecule has 0 unspecified atom stereocenters. The van der Waals surface area contributed by atoms with E-state index in [0.29, 0.717) is 0 Å². The Morgan fingerprint density at radius 1 is 1.30 bits per heavy atom. The third-order valence-corrected chi connectivity index (χ3v) is 2.53.